The minimum absolute atomic E-state index is 0.0186. The molecule has 0 radical (unpaired) electrons. The number of carbonyl (C=O) groups excluding carboxylic acids is 4. The Morgan fingerprint density at radius 2 is 1.52 bits per heavy atom. The monoisotopic (exact) mass is 560 g/mol. The number of hydrogen-bond donors (Lipinski definition) is 3. The van der Waals surface area contributed by atoms with Crippen molar-refractivity contribution in [2.75, 3.05) is 0 Å². The van der Waals surface area contributed by atoms with Gasteiger partial charge in [-0.15, -0.1) is 0 Å². The van der Waals surface area contributed by atoms with Crippen LogP contribution >= 0.6 is 0 Å². The molecule has 226 valence electrons. The highest BCUT2D eigenvalue weighted by Crippen LogP contribution is 2.28. The first-order valence-corrected chi connectivity index (χ1v) is 14.5. The van der Waals surface area contributed by atoms with Crippen LogP contribution in [0, 0.1) is 12.8 Å². The maximum absolute atomic E-state index is 14.4. The molecule has 9 heteroatoms. The van der Waals surface area contributed by atoms with Gasteiger partial charge in [-0.05, 0) is 78.7 Å². The quantitative estimate of drug-likeness (QED) is 0.273. The van der Waals surface area contributed by atoms with Gasteiger partial charge in [-0.25, -0.2) is 4.79 Å². The summed E-state index contributed by atoms with van der Waals surface area (Å²) in [6, 6.07) is 5.07. The van der Waals surface area contributed by atoms with Crippen molar-refractivity contribution in [3.8, 4) is 0 Å². The van der Waals surface area contributed by atoms with Crippen LogP contribution in [0.1, 0.15) is 111 Å². The SMILES string of the molecule is CCCC(C)NC(=O)C(c1ccc(C)cc1)N(C(=O)C(CCC(N)=O)NC(=O)OC(C)(C)C)C(C)CCC(C)C. The van der Waals surface area contributed by atoms with Crippen molar-refractivity contribution in [3.05, 3.63) is 35.4 Å². The first-order valence-electron chi connectivity index (χ1n) is 14.5. The molecule has 0 spiro atoms. The second kappa shape index (κ2) is 16.2. The summed E-state index contributed by atoms with van der Waals surface area (Å²) in [4.78, 5) is 54.3. The van der Waals surface area contributed by atoms with E-state index < -0.39 is 35.6 Å². The van der Waals surface area contributed by atoms with Gasteiger partial charge in [-0.1, -0.05) is 57.0 Å². The molecule has 40 heavy (non-hydrogen) atoms. The molecule has 1 aromatic carbocycles. The lowest BCUT2D eigenvalue weighted by Gasteiger charge is -2.39. The van der Waals surface area contributed by atoms with Crippen molar-refractivity contribution in [2.24, 2.45) is 11.7 Å². The van der Waals surface area contributed by atoms with Crippen molar-refractivity contribution in [3.63, 3.8) is 0 Å². The highest BCUT2D eigenvalue weighted by molar-refractivity contribution is 5.92. The molecule has 0 heterocycles. The minimum atomic E-state index is -1.11. The van der Waals surface area contributed by atoms with Gasteiger partial charge in [-0.3, -0.25) is 14.4 Å². The minimum Gasteiger partial charge on any atom is -0.444 e. The average molecular weight is 561 g/mol. The van der Waals surface area contributed by atoms with Gasteiger partial charge in [0.15, 0.2) is 0 Å². The summed E-state index contributed by atoms with van der Waals surface area (Å²) < 4.78 is 5.41. The standard InChI is InChI=1S/C31H52N4O5/c1-10-11-22(5)33-28(37)27(24-16-13-21(4)14-17-24)35(23(6)15-12-20(2)3)29(38)25(18-19-26(32)36)34-30(39)40-31(7,8)9/h13-14,16-17,20,22-23,25,27H,10-12,15,18-19H2,1-9H3,(H2,32,36)(H,33,37)(H,34,39). The maximum Gasteiger partial charge on any atom is 0.408 e. The summed E-state index contributed by atoms with van der Waals surface area (Å²) in [5.41, 5.74) is 6.32. The van der Waals surface area contributed by atoms with Crippen LogP contribution in [0.5, 0.6) is 0 Å². The third-order valence-electron chi connectivity index (χ3n) is 6.59. The van der Waals surface area contributed by atoms with Gasteiger partial charge in [0, 0.05) is 18.5 Å². The second-order valence-electron chi connectivity index (χ2n) is 12.3. The number of ether oxygens (including phenoxy) is 1. The summed E-state index contributed by atoms with van der Waals surface area (Å²) in [5, 5.41) is 5.74. The van der Waals surface area contributed by atoms with E-state index in [9.17, 15) is 19.2 Å². The smallest absolute Gasteiger partial charge is 0.408 e. The van der Waals surface area contributed by atoms with Crippen LogP contribution in [-0.4, -0.2) is 52.4 Å². The maximum atomic E-state index is 14.4. The summed E-state index contributed by atoms with van der Waals surface area (Å²) in [6.07, 6.45) is 2.27. The van der Waals surface area contributed by atoms with E-state index in [0.717, 1.165) is 24.8 Å². The summed E-state index contributed by atoms with van der Waals surface area (Å²) in [7, 11) is 0. The number of alkyl carbamates (subject to hydrolysis) is 1. The number of amides is 4. The Labute approximate surface area is 241 Å². The molecule has 4 N–H and O–H groups in total. The zero-order valence-electron chi connectivity index (χ0n) is 26.0. The van der Waals surface area contributed by atoms with Crippen molar-refractivity contribution in [1.29, 1.82) is 0 Å². The number of carbonyl (C=O) groups is 4. The Kier molecular flexibility index (Phi) is 14.2. The third-order valence-corrected chi connectivity index (χ3v) is 6.59. The molecule has 0 aliphatic heterocycles. The number of hydrogen-bond acceptors (Lipinski definition) is 5. The van der Waals surface area contributed by atoms with E-state index >= 15 is 0 Å². The summed E-state index contributed by atoms with van der Waals surface area (Å²) >= 11 is 0. The van der Waals surface area contributed by atoms with E-state index in [1.165, 1.54) is 0 Å². The van der Waals surface area contributed by atoms with Crippen molar-refractivity contribution in [2.45, 2.75) is 131 Å². The van der Waals surface area contributed by atoms with Crippen LogP contribution in [0.4, 0.5) is 4.79 Å². The van der Waals surface area contributed by atoms with Gasteiger partial charge in [0.2, 0.25) is 17.7 Å². The predicted octanol–water partition coefficient (Wildman–Crippen LogP) is 5.15. The molecule has 4 atom stereocenters. The van der Waals surface area contributed by atoms with Crippen LogP contribution in [0.25, 0.3) is 0 Å². The largest absolute Gasteiger partial charge is 0.444 e. The Hall–Kier alpha value is -3.10. The second-order valence-corrected chi connectivity index (χ2v) is 12.3. The Morgan fingerprint density at radius 3 is 2.02 bits per heavy atom. The fourth-order valence-corrected chi connectivity index (χ4v) is 4.50. The van der Waals surface area contributed by atoms with Crippen LogP contribution < -0.4 is 16.4 Å². The lowest BCUT2D eigenvalue weighted by molar-refractivity contribution is -0.145. The van der Waals surface area contributed by atoms with Gasteiger partial charge in [0.1, 0.15) is 17.7 Å². The first-order chi connectivity index (χ1) is 18.5. The predicted molar refractivity (Wildman–Crippen MR) is 158 cm³/mol. The molecule has 0 aliphatic rings. The number of benzene rings is 1. The van der Waals surface area contributed by atoms with E-state index in [2.05, 4.69) is 31.4 Å². The van der Waals surface area contributed by atoms with Gasteiger partial charge in [0.25, 0.3) is 0 Å². The van der Waals surface area contributed by atoms with E-state index in [0.29, 0.717) is 17.9 Å². The van der Waals surface area contributed by atoms with E-state index in [1.807, 2.05) is 45.0 Å². The molecule has 0 bridgehead atoms. The highest BCUT2D eigenvalue weighted by atomic mass is 16.6. The number of nitrogens with zero attached hydrogens (tertiary/aromatic N) is 1. The fraction of sp³-hybridized carbons (Fsp3) is 0.677. The lowest BCUT2D eigenvalue weighted by atomic mass is 9.95. The number of aryl methyl sites for hydroxylation is 1. The highest BCUT2D eigenvalue weighted by Gasteiger charge is 2.39. The molecule has 9 nitrogen and oxygen atoms in total. The zero-order chi connectivity index (χ0) is 30.6. The molecule has 4 amide bonds. The van der Waals surface area contributed by atoms with Gasteiger partial charge < -0.3 is 26.0 Å². The lowest BCUT2D eigenvalue weighted by Crippen LogP contribution is -2.56. The molecule has 1 aromatic rings. The molecule has 4 unspecified atom stereocenters. The first kappa shape index (κ1) is 34.9. The molecule has 1 rings (SSSR count). The van der Waals surface area contributed by atoms with Gasteiger partial charge >= 0.3 is 6.09 Å². The van der Waals surface area contributed by atoms with Crippen LogP contribution in [0.15, 0.2) is 24.3 Å². The van der Waals surface area contributed by atoms with Crippen molar-refractivity contribution >= 4 is 23.8 Å². The van der Waals surface area contributed by atoms with E-state index in [-0.39, 0.29) is 30.8 Å². The molecule has 0 aliphatic carbocycles. The molecule has 0 saturated carbocycles. The van der Waals surface area contributed by atoms with E-state index in [1.54, 1.807) is 25.7 Å². The fourth-order valence-electron chi connectivity index (χ4n) is 4.50. The van der Waals surface area contributed by atoms with Crippen LogP contribution in [-0.2, 0) is 19.1 Å². The van der Waals surface area contributed by atoms with Gasteiger partial charge in [-0.2, -0.15) is 0 Å². The number of nitrogens with one attached hydrogen (secondary N) is 2. The topological polar surface area (TPSA) is 131 Å². The molecular weight excluding hydrogens is 508 g/mol. The Balaban J connectivity index is 3.63. The summed E-state index contributed by atoms with van der Waals surface area (Å²) in [6.45, 7) is 17.3. The Bertz CT molecular complexity index is 971. The normalized spacial score (nSPS) is 14.6. The molecule has 0 saturated heterocycles. The molecule has 0 fully saturated rings. The summed E-state index contributed by atoms with van der Waals surface area (Å²) in [5.74, 6) is -0.960. The zero-order valence-corrected chi connectivity index (χ0v) is 26.0. The van der Waals surface area contributed by atoms with Gasteiger partial charge in [0.05, 0.1) is 0 Å². The average Bonchev–Trinajstić information content (AvgIpc) is 2.82. The number of rotatable bonds is 15. The third kappa shape index (κ3) is 12.4. The van der Waals surface area contributed by atoms with Crippen molar-refractivity contribution < 1.29 is 23.9 Å². The van der Waals surface area contributed by atoms with Crippen molar-refractivity contribution in [1.82, 2.24) is 15.5 Å². The van der Waals surface area contributed by atoms with Crippen LogP contribution in [0.3, 0.4) is 0 Å². The number of primary amides is 1. The van der Waals surface area contributed by atoms with Crippen LogP contribution in [0.2, 0.25) is 0 Å². The molecule has 0 aromatic heterocycles. The Morgan fingerprint density at radius 1 is 0.925 bits per heavy atom. The molecular formula is C31H52N4O5. The number of nitrogens with two attached hydrogens (primary N) is 1. The van der Waals surface area contributed by atoms with E-state index in [4.69, 9.17) is 10.5 Å².